The molecule has 23 heavy (non-hydrogen) atoms. The molecular formula is C15H11N5O2S. The summed E-state index contributed by atoms with van der Waals surface area (Å²) in [5.74, 6) is 0.748. The second-order valence-electron chi connectivity index (χ2n) is 4.98. The Morgan fingerprint density at radius 3 is 2.52 bits per heavy atom. The van der Waals surface area contributed by atoms with Gasteiger partial charge in [-0.2, -0.15) is 0 Å². The summed E-state index contributed by atoms with van der Waals surface area (Å²) in [6.07, 6.45) is 0. The van der Waals surface area contributed by atoms with Gasteiger partial charge in [-0.15, -0.1) is 10.2 Å². The second-order valence-corrected chi connectivity index (χ2v) is 6.06. The maximum Gasteiger partial charge on any atom is 0.269 e. The van der Waals surface area contributed by atoms with Gasteiger partial charge in [-0.3, -0.25) is 10.1 Å². The Bertz CT molecular complexity index is 863. The molecule has 0 bridgehead atoms. The highest BCUT2D eigenvalue weighted by atomic mass is 32.2. The molecule has 0 saturated carbocycles. The molecule has 0 aliphatic carbocycles. The number of rotatable bonds is 3. The first-order valence-corrected chi connectivity index (χ1v) is 7.79. The molecule has 7 nitrogen and oxygen atoms in total. The minimum Gasteiger partial charge on any atom is -0.304 e. The van der Waals surface area contributed by atoms with Gasteiger partial charge in [-0.25, -0.2) is 4.68 Å². The highest BCUT2D eigenvalue weighted by molar-refractivity contribution is 7.99. The van der Waals surface area contributed by atoms with Crippen LogP contribution in [0.2, 0.25) is 0 Å². The molecule has 3 aromatic rings. The third-order valence-corrected chi connectivity index (χ3v) is 4.63. The minimum absolute atomic E-state index is 0.0521. The van der Waals surface area contributed by atoms with E-state index < -0.39 is 4.92 Å². The number of non-ortho nitro benzene ring substituents is 1. The molecule has 0 saturated heterocycles. The van der Waals surface area contributed by atoms with Gasteiger partial charge >= 0.3 is 0 Å². The Morgan fingerprint density at radius 1 is 1.09 bits per heavy atom. The van der Waals surface area contributed by atoms with Crippen molar-refractivity contribution in [3.05, 3.63) is 70.3 Å². The molecular weight excluding hydrogens is 314 g/mol. The molecule has 2 aromatic carbocycles. The fourth-order valence-electron chi connectivity index (χ4n) is 2.40. The Morgan fingerprint density at radius 2 is 1.83 bits per heavy atom. The molecule has 0 amide bonds. The van der Waals surface area contributed by atoms with Crippen LogP contribution >= 0.6 is 11.8 Å². The molecule has 1 aliphatic heterocycles. The van der Waals surface area contributed by atoms with Crippen LogP contribution in [0.3, 0.4) is 0 Å². The lowest BCUT2D eigenvalue weighted by molar-refractivity contribution is -0.384. The molecule has 0 fully saturated rings. The molecule has 0 radical (unpaired) electrons. The zero-order valence-corrected chi connectivity index (χ0v) is 12.6. The van der Waals surface area contributed by atoms with E-state index >= 15 is 0 Å². The van der Waals surface area contributed by atoms with Crippen molar-refractivity contribution in [1.29, 1.82) is 0 Å². The molecule has 1 aromatic heterocycles. The second kappa shape index (κ2) is 5.40. The van der Waals surface area contributed by atoms with E-state index in [2.05, 4.69) is 15.6 Å². The van der Waals surface area contributed by atoms with Gasteiger partial charge in [-0.1, -0.05) is 42.1 Å². The largest absolute Gasteiger partial charge is 0.304 e. The summed E-state index contributed by atoms with van der Waals surface area (Å²) in [6.45, 7) is 0. The molecule has 0 spiro atoms. The summed E-state index contributed by atoms with van der Waals surface area (Å²) in [5.41, 5.74) is 5.34. The zero-order chi connectivity index (χ0) is 15.8. The molecule has 1 atom stereocenters. The molecule has 4 rings (SSSR count). The van der Waals surface area contributed by atoms with Gasteiger partial charge in [0.25, 0.3) is 5.69 Å². The fraction of sp³-hybridized carbons (Fsp3) is 0.0667. The first-order valence-electron chi connectivity index (χ1n) is 6.91. The van der Waals surface area contributed by atoms with Crippen LogP contribution in [-0.2, 0) is 0 Å². The first kappa shape index (κ1) is 13.8. The number of nitrogens with zero attached hydrogens (tertiary/aromatic N) is 4. The predicted molar refractivity (Wildman–Crippen MR) is 86.5 cm³/mol. The number of nitro benzene ring substituents is 1. The van der Waals surface area contributed by atoms with Crippen LogP contribution in [0.1, 0.15) is 10.9 Å². The van der Waals surface area contributed by atoms with Crippen LogP contribution in [0.15, 0.2) is 59.8 Å². The third-order valence-electron chi connectivity index (χ3n) is 3.54. The summed E-state index contributed by atoms with van der Waals surface area (Å²) < 4.78 is 1.85. The van der Waals surface area contributed by atoms with Crippen molar-refractivity contribution in [3.8, 4) is 11.4 Å². The number of hydrogen-bond donors (Lipinski definition) is 1. The van der Waals surface area contributed by atoms with Crippen molar-refractivity contribution in [3.63, 3.8) is 0 Å². The molecule has 2 heterocycles. The lowest BCUT2D eigenvalue weighted by Gasteiger charge is -2.12. The SMILES string of the molecule is O=[N+]([O-])c1ccc(C2Nn3c(nnc3-c3ccccc3)S2)cc1. The van der Waals surface area contributed by atoms with Crippen LogP contribution in [0.25, 0.3) is 11.4 Å². The number of fused-ring (bicyclic) bond motifs is 1. The van der Waals surface area contributed by atoms with Crippen LogP contribution in [-0.4, -0.2) is 19.8 Å². The summed E-state index contributed by atoms with van der Waals surface area (Å²) in [5, 5.41) is 19.9. The number of aromatic nitrogens is 3. The Labute approximate surface area is 135 Å². The summed E-state index contributed by atoms with van der Waals surface area (Å²) >= 11 is 1.53. The van der Waals surface area contributed by atoms with Crippen molar-refractivity contribution in [2.24, 2.45) is 0 Å². The Kier molecular flexibility index (Phi) is 3.23. The monoisotopic (exact) mass is 325 g/mol. The summed E-state index contributed by atoms with van der Waals surface area (Å²) in [4.78, 5) is 10.3. The Hall–Kier alpha value is -2.87. The maximum atomic E-state index is 10.7. The van der Waals surface area contributed by atoms with Crippen molar-refractivity contribution >= 4 is 17.4 Å². The van der Waals surface area contributed by atoms with E-state index in [-0.39, 0.29) is 11.1 Å². The van der Waals surface area contributed by atoms with Gasteiger partial charge < -0.3 is 5.43 Å². The highest BCUT2D eigenvalue weighted by Crippen LogP contribution is 2.40. The predicted octanol–water partition coefficient (Wildman–Crippen LogP) is 3.20. The quantitative estimate of drug-likeness (QED) is 0.588. The zero-order valence-electron chi connectivity index (χ0n) is 11.8. The van der Waals surface area contributed by atoms with E-state index in [1.165, 1.54) is 23.9 Å². The van der Waals surface area contributed by atoms with Crippen molar-refractivity contribution in [2.45, 2.75) is 10.5 Å². The molecule has 114 valence electrons. The van der Waals surface area contributed by atoms with Crippen LogP contribution < -0.4 is 5.43 Å². The number of benzene rings is 2. The van der Waals surface area contributed by atoms with Gasteiger partial charge in [0.1, 0.15) is 5.37 Å². The van der Waals surface area contributed by atoms with E-state index in [1.54, 1.807) is 12.1 Å². The lowest BCUT2D eigenvalue weighted by atomic mass is 10.2. The van der Waals surface area contributed by atoms with E-state index in [0.29, 0.717) is 0 Å². The maximum absolute atomic E-state index is 10.7. The van der Waals surface area contributed by atoms with Crippen LogP contribution in [0, 0.1) is 10.1 Å². The molecule has 1 aliphatic rings. The number of hydrogen-bond acceptors (Lipinski definition) is 6. The fourth-order valence-corrected chi connectivity index (χ4v) is 3.39. The Balaban J connectivity index is 1.61. The topological polar surface area (TPSA) is 85.9 Å². The van der Waals surface area contributed by atoms with Crippen molar-refractivity contribution in [1.82, 2.24) is 14.9 Å². The summed E-state index contributed by atoms with van der Waals surface area (Å²) in [7, 11) is 0. The average molecular weight is 325 g/mol. The van der Waals surface area contributed by atoms with Crippen LogP contribution in [0.4, 0.5) is 5.69 Å². The molecule has 8 heteroatoms. The van der Waals surface area contributed by atoms with Crippen LogP contribution in [0.5, 0.6) is 0 Å². The van der Waals surface area contributed by atoms with E-state index in [0.717, 1.165) is 22.1 Å². The number of thioether (sulfide) groups is 1. The van der Waals surface area contributed by atoms with Gasteiger partial charge in [0, 0.05) is 17.7 Å². The highest BCUT2D eigenvalue weighted by Gasteiger charge is 2.28. The number of nitrogens with one attached hydrogen (secondary N) is 1. The minimum atomic E-state index is -0.401. The van der Waals surface area contributed by atoms with Gasteiger partial charge in [0.2, 0.25) is 5.16 Å². The molecule has 1 unspecified atom stereocenters. The van der Waals surface area contributed by atoms with Crippen molar-refractivity contribution < 1.29 is 4.92 Å². The van der Waals surface area contributed by atoms with E-state index in [9.17, 15) is 10.1 Å². The normalized spacial score (nSPS) is 15.9. The third kappa shape index (κ3) is 2.42. The first-order chi connectivity index (χ1) is 11.2. The summed E-state index contributed by atoms with van der Waals surface area (Å²) in [6, 6.07) is 16.3. The standard InChI is InChI=1S/C15H11N5O2S/c21-20(22)12-8-6-11(7-9-12)14-18-19-13(16-17-15(19)23-14)10-4-2-1-3-5-10/h1-9,14,18H. The van der Waals surface area contributed by atoms with Gasteiger partial charge in [0.05, 0.1) is 4.92 Å². The average Bonchev–Trinajstić information content (AvgIpc) is 3.16. The van der Waals surface area contributed by atoms with E-state index in [1.807, 2.05) is 35.0 Å². The number of nitro groups is 1. The van der Waals surface area contributed by atoms with Gasteiger partial charge in [-0.05, 0) is 17.7 Å². The van der Waals surface area contributed by atoms with Gasteiger partial charge in [0.15, 0.2) is 5.82 Å². The van der Waals surface area contributed by atoms with E-state index in [4.69, 9.17) is 0 Å². The van der Waals surface area contributed by atoms with Crippen molar-refractivity contribution in [2.75, 3.05) is 5.43 Å². The smallest absolute Gasteiger partial charge is 0.269 e. The lowest BCUT2D eigenvalue weighted by Crippen LogP contribution is -2.13. The molecule has 1 N–H and O–H groups in total.